The van der Waals surface area contributed by atoms with Crippen molar-refractivity contribution in [2.75, 3.05) is 12.4 Å². The van der Waals surface area contributed by atoms with Crippen molar-refractivity contribution in [3.63, 3.8) is 0 Å². The Morgan fingerprint density at radius 2 is 1.77 bits per heavy atom. The average Bonchev–Trinajstić information content (AvgIpc) is 3.51. The number of ether oxygens (including phenoxy) is 1. The van der Waals surface area contributed by atoms with E-state index in [1.165, 1.54) is 7.11 Å². The first-order valence-corrected chi connectivity index (χ1v) is 8.43. The molecule has 2 aromatic rings. The van der Waals surface area contributed by atoms with Crippen LogP contribution in [0, 0.1) is 5.92 Å². The molecule has 2 amide bonds. The first kappa shape index (κ1) is 17.7. The second kappa shape index (κ2) is 7.82. The minimum absolute atomic E-state index is 0.00764. The van der Waals surface area contributed by atoms with Crippen molar-refractivity contribution in [1.82, 2.24) is 5.32 Å². The molecule has 2 aromatic carbocycles. The van der Waals surface area contributed by atoms with Gasteiger partial charge in [-0.15, -0.1) is 0 Å². The predicted molar refractivity (Wildman–Crippen MR) is 96.7 cm³/mol. The molecule has 26 heavy (non-hydrogen) atoms. The summed E-state index contributed by atoms with van der Waals surface area (Å²) in [6.07, 6.45) is 1.86. The zero-order valence-electron chi connectivity index (χ0n) is 14.5. The smallest absolute Gasteiger partial charge is 0.337 e. The summed E-state index contributed by atoms with van der Waals surface area (Å²) in [5.74, 6) is -0.510. The molecular formula is C20H20N2O4. The highest BCUT2D eigenvalue weighted by Crippen LogP contribution is 2.30. The van der Waals surface area contributed by atoms with E-state index in [2.05, 4.69) is 15.4 Å². The van der Waals surface area contributed by atoms with E-state index in [0.717, 1.165) is 18.4 Å². The van der Waals surface area contributed by atoms with Gasteiger partial charge in [-0.25, -0.2) is 4.79 Å². The number of methoxy groups -OCH3 is 1. The van der Waals surface area contributed by atoms with Gasteiger partial charge in [0.15, 0.2) is 0 Å². The molecule has 1 saturated carbocycles. The predicted octanol–water partition coefficient (Wildman–Crippen LogP) is 2.75. The maximum atomic E-state index is 12.3. The van der Waals surface area contributed by atoms with Crippen LogP contribution in [0.2, 0.25) is 0 Å². The zero-order chi connectivity index (χ0) is 18.5. The Hall–Kier alpha value is -3.15. The molecular weight excluding hydrogens is 332 g/mol. The van der Waals surface area contributed by atoms with Gasteiger partial charge in [0, 0.05) is 23.7 Å². The number of benzene rings is 2. The molecule has 6 nitrogen and oxygen atoms in total. The summed E-state index contributed by atoms with van der Waals surface area (Å²) in [5, 5.41) is 5.66. The number of hydrogen-bond acceptors (Lipinski definition) is 4. The van der Waals surface area contributed by atoms with Crippen LogP contribution >= 0.6 is 0 Å². The number of hydrogen-bond donors (Lipinski definition) is 2. The van der Waals surface area contributed by atoms with Crippen LogP contribution in [-0.4, -0.2) is 24.9 Å². The molecule has 0 radical (unpaired) electrons. The summed E-state index contributed by atoms with van der Waals surface area (Å²) >= 11 is 0. The fourth-order valence-corrected chi connectivity index (χ4v) is 2.49. The fraction of sp³-hybridized carbons (Fsp3) is 0.250. The van der Waals surface area contributed by atoms with Crippen LogP contribution in [0.4, 0.5) is 5.69 Å². The van der Waals surface area contributed by atoms with Crippen LogP contribution < -0.4 is 10.6 Å². The average molecular weight is 352 g/mol. The quantitative estimate of drug-likeness (QED) is 0.783. The normalized spacial score (nSPS) is 13.0. The van der Waals surface area contributed by atoms with Gasteiger partial charge in [0.2, 0.25) is 5.91 Å². The summed E-state index contributed by atoms with van der Waals surface area (Å²) < 4.78 is 4.65. The number of anilines is 1. The van der Waals surface area contributed by atoms with E-state index < -0.39 is 5.97 Å². The van der Waals surface area contributed by atoms with Crippen LogP contribution in [0.25, 0.3) is 0 Å². The molecule has 0 aromatic heterocycles. The third-order valence-electron chi connectivity index (χ3n) is 4.17. The molecule has 0 aliphatic heterocycles. The van der Waals surface area contributed by atoms with Crippen molar-refractivity contribution in [2.24, 2.45) is 5.92 Å². The van der Waals surface area contributed by atoms with Gasteiger partial charge in [-0.05, 0) is 48.7 Å². The maximum Gasteiger partial charge on any atom is 0.337 e. The van der Waals surface area contributed by atoms with Crippen molar-refractivity contribution in [1.29, 1.82) is 0 Å². The minimum atomic E-state index is -0.398. The van der Waals surface area contributed by atoms with E-state index in [1.54, 1.807) is 48.5 Å². The second-order valence-corrected chi connectivity index (χ2v) is 6.22. The number of nitrogens with one attached hydrogen (secondary N) is 2. The van der Waals surface area contributed by atoms with Gasteiger partial charge in [-0.1, -0.05) is 18.2 Å². The Bertz CT molecular complexity index is 826. The summed E-state index contributed by atoms with van der Waals surface area (Å²) in [6.45, 7) is 0.332. The molecule has 0 spiro atoms. The fourth-order valence-electron chi connectivity index (χ4n) is 2.49. The Balaban J connectivity index is 1.57. The van der Waals surface area contributed by atoms with Crippen molar-refractivity contribution < 1.29 is 19.1 Å². The van der Waals surface area contributed by atoms with Crippen LogP contribution in [0.3, 0.4) is 0 Å². The van der Waals surface area contributed by atoms with E-state index >= 15 is 0 Å². The number of carbonyl (C=O) groups excluding carboxylic acids is 3. The lowest BCUT2D eigenvalue weighted by atomic mass is 10.1. The third-order valence-corrected chi connectivity index (χ3v) is 4.17. The van der Waals surface area contributed by atoms with Gasteiger partial charge in [-0.3, -0.25) is 9.59 Å². The van der Waals surface area contributed by atoms with Gasteiger partial charge < -0.3 is 15.4 Å². The Kier molecular flexibility index (Phi) is 5.31. The molecule has 6 heteroatoms. The lowest BCUT2D eigenvalue weighted by molar-refractivity contribution is -0.117. The van der Waals surface area contributed by atoms with Crippen molar-refractivity contribution in [2.45, 2.75) is 19.4 Å². The third kappa shape index (κ3) is 4.47. The highest BCUT2D eigenvalue weighted by molar-refractivity contribution is 5.98. The number of esters is 1. The van der Waals surface area contributed by atoms with E-state index in [0.29, 0.717) is 23.4 Å². The molecule has 0 atom stereocenters. The topological polar surface area (TPSA) is 84.5 Å². The molecule has 0 saturated heterocycles. The highest BCUT2D eigenvalue weighted by atomic mass is 16.5. The molecule has 2 N–H and O–H groups in total. The molecule has 1 fully saturated rings. The first-order chi connectivity index (χ1) is 12.6. The summed E-state index contributed by atoms with van der Waals surface area (Å²) in [6, 6.07) is 13.7. The Morgan fingerprint density at radius 3 is 2.42 bits per heavy atom. The molecule has 1 aliphatic rings. The van der Waals surface area contributed by atoms with E-state index in [4.69, 9.17) is 0 Å². The molecule has 134 valence electrons. The van der Waals surface area contributed by atoms with Gasteiger partial charge in [0.05, 0.1) is 12.7 Å². The van der Waals surface area contributed by atoms with Crippen LogP contribution in [0.1, 0.15) is 39.1 Å². The summed E-state index contributed by atoms with van der Waals surface area (Å²) in [4.78, 5) is 35.6. The van der Waals surface area contributed by atoms with Crippen LogP contribution in [-0.2, 0) is 16.1 Å². The van der Waals surface area contributed by atoms with Crippen molar-refractivity contribution in [3.8, 4) is 0 Å². The highest BCUT2D eigenvalue weighted by Gasteiger charge is 2.29. The molecule has 0 unspecified atom stereocenters. The number of carbonyl (C=O) groups is 3. The first-order valence-electron chi connectivity index (χ1n) is 8.43. The summed E-state index contributed by atoms with van der Waals surface area (Å²) in [7, 11) is 1.33. The zero-order valence-corrected chi connectivity index (χ0v) is 14.5. The SMILES string of the molecule is COC(=O)c1ccc(CNC(=O)c2cccc(NC(=O)C3CC3)c2)cc1. The lowest BCUT2D eigenvalue weighted by Crippen LogP contribution is -2.23. The molecule has 0 heterocycles. The van der Waals surface area contributed by atoms with Crippen molar-refractivity contribution in [3.05, 3.63) is 65.2 Å². The minimum Gasteiger partial charge on any atom is -0.465 e. The van der Waals surface area contributed by atoms with E-state index in [9.17, 15) is 14.4 Å². The lowest BCUT2D eigenvalue weighted by Gasteiger charge is -2.09. The van der Waals surface area contributed by atoms with E-state index in [-0.39, 0.29) is 17.7 Å². The van der Waals surface area contributed by atoms with Gasteiger partial charge >= 0.3 is 5.97 Å². The van der Waals surface area contributed by atoms with Crippen LogP contribution in [0.5, 0.6) is 0 Å². The monoisotopic (exact) mass is 352 g/mol. The number of rotatable bonds is 6. The molecule has 1 aliphatic carbocycles. The van der Waals surface area contributed by atoms with Gasteiger partial charge in [0.1, 0.15) is 0 Å². The molecule has 3 rings (SSSR count). The standard InChI is InChI=1S/C20H20N2O4/c1-26-20(25)15-7-5-13(6-8-15)12-21-18(23)16-3-2-4-17(11-16)22-19(24)14-9-10-14/h2-8,11,14H,9-10,12H2,1H3,(H,21,23)(H,22,24). The Morgan fingerprint density at radius 1 is 1.04 bits per heavy atom. The largest absolute Gasteiger partial charge is 0.465 e. The Labute approximate surface area is 151 Å². The van der Waals surface area contributed by atoms with E-state index in [1.807, 2.05) is 0 Å². The van der Waals surface area contributed by atoms with Crippen LogP contribution in [0.15, 0.2) is 48.5 Å². The van der Waals surface area contributed by atoms with Crippen molar-refractivity contribution >= 4 is 23.5 Å². The summed E-state index contributed by atoms with van der Waals surface area (Å²) in [5.41, 5.74) is 2.42. The van der Waals surface area contributed by atoms with Gasteiger partial charge in [0.25, 0.3) is 5.91 Å². The number of amides is 2. The second-order valence-electron chi connectivity index (χ2n) is 6.22. The van der Waals surface area contributed by atoms with Gasteiger partial charge in [-0.2, -0.15) is 0 Å². The maximum absolute atomic E-state index is 12.3. The molecule has 0 bridgehead atoms.